The third-order valence-corrected chi connectivity index (χ3v) is 4.61. The van der Waals surface area contributed by atoms with Gasteiger partial charge in [0, 0.05) is 16.6 Å². The molecule has 148 valence electrons. The molecule has 2 aromatic carbocycles. The number of rotatable bonds is 5. The molecular weight excluding hydrogens is 374 g/mol. The number of imidazole rings is 1. The Hall–Kier alpha value is -3.81. The Morgan fingerprint density at radius 2 is 1.93 bits per heavy atom. The second-order valence-corrected chi connectivity index (χ2v) is 6.90. The molecule has 4 rings (SSSR count). The molecule has 1 amide bonds. The summed E-state index contributed by atoms with van der Waals surface area (Å²) in [4.78, 5) is 41.2. The van der Waals surface area contributed by atoms with Crippen LogP contribution in [0.5, 0.6) is 0 Å². The van der Waals surface area contributed by atoms with Gasteiger partial charge in [0.15, 0.2) is 6.10 Å². The van der Waals surface area contributed by atoms with E-state index in [4.69, 9.17) is 9.15 Å². The van der Waals surface area contributed by atoms with Crippen LogP contribution in [0.3, 0.4) is 0 Å². The Morgan fingerprint density at radius 1 is 1.14 bits per heavy atom. The minimum absolute atomic E-state index is 0.00419. The van der Waals surface area contributed by atoms with Crippen molar-refractivity contribution in [3.8, 4) is 0 Å². The van der Waals surface area contributed by atoms with Crippen LogP contribution in [0.1, 0.15) is 18.1 Å². The zero-order chi connectivity index (χ0) is 20.5. The molecule has 0 saturated heterocycles. The van der Waals surface area contributed by atoms with E-state index >= 15 is 0 Å². The van der Waals surface area contributed by atoms with Crippen molar-refractivity contribution in [1.29, 1.82) is 0 Å². The van der Waals surface area contributed by atoms with Crippen molar-refractivity contribution in [3.63, 3.8) is 0 Å². The number of ether oxygens (including phenoxy) is 1. The molecule has 8 nitrogen and oxygen atoms in total. The van der Waals surface area contributed by atoms with Gasteiger partial charge in [-0.2, -0.15) is 0 Å². The van der Waals surface area contributed by atoms with E-state index in [9.17, 15) is 14.4 Å². The fourth-order valence-corrected chi connectivity index (χ4v) is 3.13. The summed E-state index contributed by atoms with van der Waals surface area (Å²) >= 11 is 0. The van der Waals surface area contributed by atoms with E-state index in [1.807, 2.05) is 25.1 Å². The molecule has 0 aliphatic carbocycles. The van der Waals surface area contributed by atoms with E-state index in [-0.39, 0.29) is 12.1 Å². The van der Waals surface area contributed by atoms with Gasteiger partial charge in [-0.3, -0.25) is 9.59 Å². The van der Waals surface area contributed by atoms with Gasteiger partial charge in [-0.05, 0) is 43.7 Å². The second-order valence-electron chi connectivity index (χ2n) is 6.90. The zero-order valence-electron chi connectivity index (χ0n) is 15.9. The first-order chi connectivity index (χ1) is 13.9. The van der Waals surface area contributed by atoms with Gasteiger partial charge in [0.25, 0.3) is 5.91 Å². The molecule has 0 saturated carbocycles. The van der Waals surface area contributed by atoms with Gasteiger partial charge in [0.2, 0.25) is 0 Å². The first kappa shape index (κ1) is 18.5. The van der Waals surface area contributed by atoms with Gasteiger partial charge in [-0.1, -0.05) is 12.1 Å². The molecule has 0 aliphatic heterocycles. The summed E-state index contributed by atoms with van der Waals surface area (Å²) < 4.78 is 10.7. The number of aromatic amines is 2. The van der Waals surface area contributed by atoms with Gasteiger partial charge in [0.1, 0.15) is 5.58 Å². The number of amides is 1. The molecule has 2 heterocycles. The number of benzene rings is 2. The van der Waals surface area contributed by atoms with Crippen molar-refractivity contribution in [3.05, 3.63) is 64.3 Å². The fraction of sp³-hybridized carbons (Fsp3) is 0.190. The standard InChI is InChI=1S/C21H19N3O5/c1-11-3-5-15-13(10-28-18(15)7-11)8-19(25)29-12(2)20(26)22-14-4-6-16-17(9-14)24-21(27)23-16/h3-7,9-10,12H,8H2,1-2H3,(H,22,26)(H2,23,24,27)/t12-/m1/s1. The molecule has 4 aromatic rings. The molecule has 0 aliphatic rings. The van der Waals surface area contributed by atoms with Crippen molar-refractivity contribution in [2.24, 2.45) is 0 Å². The van der Waals surface area contributed by atoms with E-state index in [1.165, 1.54) is 13.2 Å². The number of nitrogens with one attached hydrogen (secondary N) is 3. The molecular formula is C21H19N3O5. The number of H-pyrrole nitrogens is 2. The Labute approximate surface area is 164 Å². The number of anilines is 1. The Balaban J connectivity index is 1.39. The Kier molecular flexibility index (Phi) is 4.67. The maximum absolute atomic E-state index is 12.4. The van der Waals surface area contributed by atoms with Gasteiger partial charge in [-0.15, -0.1) is 0 Å². The molecule has 0 radical (unpaired) electrons. The highest BCUT2D eigenvalue weighted by Gasteiger charge is 2.20. The first-order valence-corrected chi connectivity index (χ1v) is 9.08. The van der Waals surface area contributed by atoms with Gasteiger partial charge >= 0.3 is 11.7 Å². The highest BCUT2D eigenvalue weighted by Crippen LogP contribution is 2.23. The molecule has 3 N–H and O–H groups in total. The number of hydrogen-bond donors (Lipinski definition) is 3. The Bertz CT molecular complexity index is 1280. The number of carbonyl (C=O) groups is 2. The van der Waals surface area contributed by atoms with E-state index in [0.717, 1.165) is 10.9 Å². The predicted octanol–water partition coefficient (Wildman–Crippen LogP) is 3.02. The van der Waals surface area contributed by atoms with Crippen LogP contribution in [0, 0.1) is 6.92 Å². The molecule has 0 bridgehead atoms. The average Bonchev–Trinajstić information content (AvgIpc) is 3.23. The van der Waals surface area contributed by atoms with Crippen LogP contribution >= 0.6 is 0 Å². The van der Waals surface area contributed by atoms with Crippen molar-refractivity contribution in [2.75, 3.05) is 5.32 Å². The van der Waals surface area contributed by atoms with Crippen LogP contribution in [0.2, 0.25) is 0 Å². The normalized spacial score (nSPS) is 12.2. The number of esters is 1. The van der Waals surface area contributed by atoms with E-state index in [2.05, 4.69) is 15.3 Å². The fourth-order valence-electron chi connectivity index (χ4n) is 3.13. The maximum Gasteiger partial charge on any atom is 0.323 e. The highest BCUT2D eigenvalue weighted by atomic mass is 16.5. The summed E-state index contributed by atoms with van der Waals surface area (Å²) in [6.07, 6.45) is 0.552. The van der Waals surface area contributed by atoms with Crippen LogP contribution in [0.25, 0.3) is 22.0 Å². The van der Waals surface area contributed by atoms with Crippen molar-refractivity contribution in [2.45, 2.75) is 26.4 Å². The lowest BCUT2D eigenvalue weighted by Crippen LogP contribution is -2.30. The largest absolute Gasteiger partial charge is 0.464 e. The van der Waals surface area contributed by atoms with Crippen LogP contribution in [0.4, 0.5) is 5.69 Å². The smallest absolute Gasteiger partial charge is 0.323 e. The average molecular weight is 393 g/mol. The summed E-state index contributed by atoms with van der Waals surface area (Å²) in [5.74, 6) is -0.996. The predicted molar refractivity (Wildman–Crippen MR) is 108 cm³/mol. The summed E-state index contributed by atoms with van der Waals surface area (Å²) in [6, 6.07) is 10.7. The van der Waals surface area contributed by atoms with Crippen molar-refractivity contribution in [1.82, 2.24) is 9.97 Å². The number of hydrogen-bond acceptors (Lipinski definition) is 5. The lowest BCUT2D eigenvalue weighted by Gasteiger charge is -2.13. The minimum atomic E-state index is -0.983. The maximum atomic E-state index is 12.4. The molecule has 0 unspecified atom stereocenters. The topological polar surface area (TPSA) is 117 Å². The van der Waals surface area contributed by atoms with Gasteiger partial charge < -0.3 is 24.4 Å². The van der Waals surface area contributed by atoms with Crippen LogP contribution in [-0.2, 0) is 20.7 Å². The zero-order valence-corrected chi connectivity index (χ0v) is 15.9. The molecule has 0 fully saturated rings. The number of furan rings is 1. The van der Waals surface area contributed by atoms with E-state index in [1.54, 1.807) is 18.2 Å². The molecule has 29 heavy (non-hydrogen) atoms. The second kappa shape index (κ2) is 7.31. The molecule has 8 heteroatoms. The molecule has 2 aromatic heterocycles. The summed E-state index contributed by atoms with van der Waals surface area (Å²) in [5.41, 5.74) is 3.84. The van der Waals surface area contributed by atoms with Crippen molar-refractivity contribution < 1.29 is 18.7 Å². The number of aryl methyl sites for hydroxylation is 1. The lowest BCUT2D eigenvalue weighted by atomic mass is 10.1. The van der Waals surface area contributed by atoms with E-state index in [0.29, 0.717) is 27.9 Å². The number of aromatic nitrogens is 2. The Morgan fingerprint density at radius 3 is 2.76 bits per heavy atom. The van der Waals surface area contributed by atoms with Crippen LogP contribution in [-0.4, -0.2) is 27.9 Å². The monoisotopic (exact) mass is 393 g/mol. The summed E-state index contributed by atoms with van der Waals surface area (Å²) in [6.45, 7) is 3.46. The molecule has 0 spiro atoms. The highest BCUT2D eigenvalue weighted by molar-refractivity contribution is 5.97. The SMILES string of the molecule is Cc1ccc2c(CC(=O)O[C@H](C)C(=O)Nc3ccc4[nH]c(=O)[nH]c4c3)coc2c1. The van der Waals surface area contributed by atoms with Crippen LogP contribution in [0.15, 0.2) is 51.9 Å². The summed E-state index contributed by atoms with van der Waals surface area (Å²) in [7, 11) is 0. The number of carbonyl (C=O) groups excluding carboxylic acids is 2. The third kappa shape index (κ3) is 3.91. The first-order valence-electron chi connectivity index (χ1n) is 9.08. The minimum Gasteiger partial charge on any atom is -0.464 e. The van der Waals surface area contributed by atoms with Gasteiger partial charge in [0.05, 0.1) is 23.7 Å². The van der Waals surface area contributed by atoms with Crippen LogP contribution < -0.4 is 11.0 Å². The summed E-state index contributed by atoms with van der Waals surface area (Å²) in [5, 5.41) is 3.52. The lowest BCUT2D eigenvalue weighted by molar-refractivity contribution is -0.152. The third-order valence-electron chi connectivity index (χ3n) is 4.61. The quantitative estimate of drug-likeness (QED) is 0.451. The molecule has 1 atom stereocenters. The van der Waals surface area contributed by atoms with Crippen molar-refractivity contribution >= 4 is 39.6 Å². The number of fused-ring (bicyclic) bond motifs is 2. The van der Waals surface area contributed by atoms with Gasteiger partial charge in [-0.25, -0.2) is 4.79 Å². The van der Waals surface area contributed by atoms with E-state index < -0.39 is 18.0 Å².